The number of hydrogen-bond donors (Lipinski definition) is 1. The average molecular weight is 357 g/mol. The van der Waals surface area contributed by atoms with E-state index in [9.17, 15) is 16.8 Å². The van der Waals surface area contributed by atoms with Gasteiger partial charge in [-0.2, -0.15) is 0 Å². The van der Waals surface area contributed by atoms with Crippen molar-refractivity contribution in [3.05, 3.63) is 35.9 Å². The Morgan fingerprint density at radius 3 is 2.22 bits per heavy atom. The van der Waals surface area contributed by atoms with Gasteiger partial charge in [0, 0.05) is 6.54 Å². The van der Waals surface area contributed by atoms with Crippen molar-refractivity contribution in [1.29, 1.82) is 0 Å². The first-order valence-electron chi connectivity index (χ1n) is 7.85. The minimum absolute atomic E-state index is 0.00748. The molecule has 0 amide bonds. The zero-order valence-corrected chi connectivity index (χ0v) is 14.9. The molecule has 0 fully saturated rings. The lowest BCUT2D eigenvalue weighted by Gasteiger charge is -2.13. The molecule has 0 atom stereocenters. The Labute approximate surface area is 138 Å². The van der Waals surface area contributed by atoms with Gasteiger partial charge in [0.15, 0.2) is 9.84 Å². The van der Waals surface area contributed by atoms with Gasteiger partial charge in [0.2, 0.25) is 10.0 Å². The molecule has 1 aliphatic rings. The van der Waals surface area contributed by atoms with Crippen molar-refractivity contribution < 1.29 is 16.8 Å². The second-order valence-corrected chi connectivity index (χ2v) is 9.68. The molecular formula is C16H23NO4S2. The van der Waals surface area contributed by atoms with E-state index in [0.717, 1.165) is 19.3 Å². The highest BCUT2D eigenvalue weighted by Gasteiger charge is 2.16. The van der Waals surface area contributed by atoms with Gasteiger partial charge in [-0.15, -0.1) is 0 Å². The van der Waals surface area contributed by atoms with Crippen LogP contribution in [0.4, 0.5) is 0 Å². The third-order valence-electron chi connectivity index (χ3n) is 4.00. The topological polar surface area (TPSA) is 80.3 Å². The van der Waals surface area contributed by atoms with Crippen molar-refractivity contribution in [3.63, 3.8) is 0 Å². The van der Waals surface area contributed by atoms with Gasteiger partial charge in [-0.25, -0.2) is 21.6 Å². The lowest BCUT2D eigenvalue weighted by Crippen LogP contribution is -2.25. The maximum absolute atomic E-state index is 12.2. The monoisotopic (exact) mass is 357 g/mol. The van der Waals surface area contributed by atoms with Gasteiger partial charge in [0.05, 0.1) is 15.5 Å². The molecule has 1 N–H and O–H groups in total. The minimum atomic E-state index is -3.60. The zero-order chi connectivity index (χ0) is 16.9. The number of sulfonamides is 1. The number of sulfone groups is 1. The molecule has 0 bridgehead atoms. The molecule has 0 heterocycles. The zero-order valence-electron chi connectivity index (χ0n) is 13.3. The summed E-state index contributed by atoms with van der Waals surface area (Å²) < 4.78 is 50.5. The van der Waals surface area contributed by atoms with Crippen molar-refractivity contribution in [3.8, 4) is 0 Å². The van der Waals surface area contributed by atoms with Gasteiger partial charge in [0.1, 0.15) is 0 Å². The fraction of sp³-hybridized carbons (Fsp3) is 0.500. The molecule has 1 aromatic rings. The fourth-order valence-corrected chi connectivity index (χ4v) is 4.47. The third-order valence-corrected chi connectivity index (χ3v) is 7.22. The number of hydrogen-bond acceptors (Lipinski definition) is 4. The van der Waals surface area contributed by atoms with Crippen LogP contribution in [0.1, 0.15) is 39.0 Å². The van der Waals surface area contributed by atoms with Crippen LogP contribution in [0.3, 0.4) is 0 Å². The molecule has 0 aromatic heterocycles. The van der Waals surface area contributed by atoms with Crippen LogP contribution < -0.4 is 4.72 Å². The predicted octanol–water partition coefficient (Wildman–Crippen LogP) is 2.65. The first-order chi connectivity index (χ1) is 10.8. The van der Waals surface area contributed by atoms with E-state index < -0.39 is 19.9 Å². The van der Waals surface area contributed by atoms with Crippen molar-refractivity contribution >= 4 is 19.9 Å². The van der Waals surface area contributed by atoms with Crippen LogP contribution in [0.5, 0.6) is 0 Å². The van der Waals surface area contributed by atoms with E-state index in [1.807, 2.05) is 0 Å². The summed E-state index contributed by atoms with van der Waals surface area (Å²) in [6, 6.07) is 5.36. The summed E-state index contributed by atoms with van der Waals surface area (Å²) in [4.78, 5) is 0.233. The van der Waals surface area contributed by atoms with Crippen LogP contribution in [0, 0.1) is 0 Å². The van der Waals surface area contributed by atoms with Crippen LogP contribution >= 0.6 is 0 Å². The van der Waals surface area contributed by atoms with Crippen LogP contribution in [0.25, 0.3) is 0 Å². The Kier molecular flexibility index (Phi) is 6.00. The number of rotatable bonds is 7. The van der Waals surface area contributed by atoms with Crippen molar-refractivity contribution in [2.45, 2.75) is 48.8 Å². The molecule has 0 spiro atoms. The number of allylic oxidation sites excluding steroid dienone is 1. The summed E-state index contributed by atoms with van der Waals surface area (Å²) in [6.45, 7) is 1.92. The molecule has 0 aliphatic heterocycles. The Hall–Kier alpha value is -1.18. The molecule has 23 heavy (non-hydrogen) atoms. The molecule has 1 aliphatic carbocycles. The first kappa shape index (κ1) is 18.2. The molecule has 0 saturated heterocycles. The molecule has 128 valence electrons. The maximum atomic E-state index is 12.2. The quantitative estimate of drug-likeness (QED) is 0.761. The molecule has 0 unspecified atom stereocenters. The minimum Gasteiger partial charge on any atom is -0.224 e. The second kappa shape index (κ2) is 7.59. The molecule has 0 radical (unpaired) electrons. The average Bonchev–Trinajstić information content (AvgIpc) is 2.56. The highest BCUT2D eigenvalue weighted by atomic mass is 32.2. The molecule has 7 heteroatoms. The summed E-state index contributed by atoms with van der Waals surface area (Å²) in [5, 5.41) is 0. The Morgan fingerprint density at radius 1 is 1.00 bits per heavy atom. The van der Waals surface area contributed by atoms with Gasteiger partial charge in [0.25, 0.3) is 0 Å². The van der Waals surface area contributed by atoms with Gasteiger partial charge in [-0.05, 0) is 56.4 Å². The van der Waals surface area contributed by atoms with E-state index in [1.54, 1.807) is 6.92 Å². The highest BCUT2D eigenvalue weighted by molar-refractivity contribution is 7.91. The van der Waals surface area contributed by atoms with Gasteiger partial charge in [-0.3, -0.25) is 0 Å². The van der Waals surface area contributed by atoms with Crippen molar-refractivity contribution in [2.75, 3.05) is 12.3 Å². The van der Waals surface area contributed by atoms with E-state index >= 15 is 0 Å². The first-order valence-corrected chi connectivity index (χ1v) is 11.0. The molecular weight excluding hydrogens is 334 g/mol. The van der Waals surface area contributed by atoms with Crippen LogP contribution in [-0.4, -0.2) is 29.1 Å². The molecule has 1 aromatic carbocycles. The number of benzene rings is 1. The van der Waals surface area contributed by atoms with Crippen LogP contribution in [0.15, 0.2) is 45.7 Å². The molecule has 5 nitrogen and oxygen atoms in total. The summed E-state index contributed by atoms with van der Waals surface area (Å²) in [7, 11) is -6.92. The highest BCUT2D eigenvalue weighted by Crippen LogP contribution is 2.20. The van der Waals surface area contributed by atoms with Crippen molar-refractivity contribution in [1.82, 2.24) is 4.72 Å². The molecule has 0 saturated carbocycles. The van der Waals surface area contributed by atoms with E-state index in [-0.39, 0.29) is 15.5 Å². The van der Waals surface area contributed by atoms with Gasteiger partial charge < -0.3 is 0 Å². The maximum Gasteiger partial charge on any atom is 0.240 e. The van der Waals surface area contributed by atoms with E-state index in [4.69, 9.17) is 0 Å². The van der Waals surface area contributed by atoms with E-state index in [2.05, 4.69) is 10.8 Å². The Balaban J connectivity index is 2.00. The summed E-state index contributed by atoms with van der Waals surface area (Å²) in [5.41, 5.74) is 1.31. The second-order valence-electron chi connectivity index (χ2n) is 5.63. The van der Waals surface area contributed by atoms with Crippen LogP contribution in [0.2, 0.25) is 0 Å². The van der Waals surface area contributed by atoms with Crippen LogP contribution in [-0.2, 0) is 19.9 Å². The Bertz CT molecular complexity index is 763. The standard InChI is InChI=1S/C16H23NO4S2/c1-2-22(18,19)15-8-10-16(11-9-15)23(20,21)17-13-12-14-6-4-3-5-7-14/h6,8-11,17H,2-5,7,12-13H2,1H3. The SMILES string of the molecule is CCS(=O)(=O)c1ccc(S(=O)(=O)NCCC2=CCCCC2)cc1. The normalized spacial score (nSPS) is 16.1. The lowest BCUT2D eigenvalue weighted by atomic mass is 9.97. The van der Waals surface area contributed by atoms with E-state index in [0.29, 0.717) is 6.54 Å². The smallest absolute Gasteiger partial charge is 0.224 e. The van der Waals surface area contributed by atoms with E-state index in [1.165, 1.54) is 42.7 Å². The Morgan fingerprint density at radius 2 is 1.65 bits per heavy atom. The predicted molar refractivity (Wildman–Crippen MR) is 90.5 cm³/mol. The fourth-order valence-electron chi connectivity index (χ4n) is 2.55. The number of nitrogens with one attached hydrogen (secondary N) is 1. The third kappa shape index (κ3) is 4.89. The lowest BCUT2D eigenvalue weighted by molar-refractivity contribution is 0.578. The summed E-state index contributed by atoms with van der Waals surface area (Å²) in [6.07, 6.45) is 7.43. The molecule has 2 rings (SSSR count). The van der Waals surface area contributed by atoms with Gasteiger partial charge >= 0.3 is 0 Å². The van der Waals surface area contributed by atoms with Crippen molar-refractivity contribution in [2.24, 2.45) is 0 Å². The summed E-state index contributed by atoms with van der Waals surface area (Å²) in [5.74, 6) is -0.00748. The van der Waals surface area contributed by atoms with Gasteiger partial charge in [-0.1, -0.05) is 18.6 Å². The summed E-state index contributed by atoms with van der Waals surface area (Å²) >= 11 is 0. The largest absolute Gasteiger partial charge is 0.240 e.